The van der Waals surface area contributed by atoms with E-state index in [1.165, 1.54) is 0 Å². The van der Waals surface area contributed by atoms with Crippen molar-refractivity contribution in [1.82, 2.24) is 15.0 Å². The number of rotatable bonds is 2. The van der Waals surface area contributed by atoms with Gasteiger partial charge < -0.3 is 4.74 Å². The van der Waals surface area contributed by atoms with Crippen LogP contribution in [0.5, 0.6) is 11.8 Å². The van der Waals surface area contributed by atoms with Crippen molar-refractivity contribution in [3.05, 3.63) is 38.3 Å². The van der Waals surface area contributed by atoms with E-state index in [1.54, 1.807) is 18.2 Å². The molecule has 1 aromatic heterocycles. The zero-order chi connectivity index (χ0) is 12.4. The maximum absolute atomic E-state index is 5.80. The molecule has 0 spiro atoms. The topological polar surface area (TPSA) is 47.9 Å². The third kappa shape index (κ3) is 3.42. The molecule has 0 radical (unpaired) electrons. The van der Waals surface area contributed by atoms with Crippen LogP contribution in [0.2, 0.25) is 15.6 Å². The highest BCUT2D eigenvalue weighted by Crippen LogP contribution is 2.30. The van der Waals surface area contributed by atoms with Gasteiger partial charge in [0.2, 0.25) is 10.6 Å². The summed E-state index contributed by atoms with van der Waals surface area (Å²) in [6, 6.07) is 5.03. The van der Waals surface area contributed by atoms with Crippen LogP contribution in [0.4, 0.5) is 0 Å². The highest BCUT2D eigenvalue weighted by molar-refractivity contribution is 9.10. The van der Waals surface area contributed by atoms with E-state index in [0.717, 1.165) is 0 Å². The van der Waals surface area contributed by atoms with Gasteiger partial charge in [0.05, 0.1) is 4.47 Å². The zero-order valence-electron chi connectivity index (χ0n) is 7.99. The molecule has 0 N–H and O–H groups in total. The monoisotopic (exact) mass is 353 g/mol. The van der Waals surface area contributed by atoms with E-state index in [0.29, 0.717) is 15.2 Å². The molecule has 0 fully saturated rings. The fourth-order valence-electron chi connectivity index (χ4n) is 1.01. The van der Waals surface area contributed by atoms with Gasteiger partial charge in [-0.15, -0.1) is 0 Å². The molecule has 1 heterocycles. The fraction of sp³-hybridized carbons (Fsp3) is 0. The van der Waals surface area contributed by atoms with E-state index in [1.807, 2.05) is 0 Å². The molecule has 1 aromatic carbocycles. The minimum atomic E-state index is -0.0370. The third-order valence-electron chi connectivity index (χ3n) is 1.66. The molecule has 0 unspecified atom stereocenters. The van der Waals surface area contributed by atoms with Gasteiger partial charge in [-0.2, -0.15) is 15.0 Å². The first kappa shape index (κ1) is 12.8. The molecule has 0 saturated carbocycles. The Bertz CT molecular complexity index is 547. The Balaban J connectivity index is 2.31. The van der Waals surface area contributed by atoms with Crippen molar-refractivity contribution >= 4 is 50.7 Å². The summed E-state index contributed by atoms with van der Waals surface area (Å²) in [5, 5.41) is 0.506. The van der Waals surface area contributed by atoms with Gasteiger partial charge in [0.25, 0.3) is 0 Å². The Kier molecular flexibility index (Phi) is 4.04. The fourth-order valence-corrected chi connectivity index (χ4v) is 2.12. The van der Waals surface area contributed by atoms with Crippen molar-refractivity contribution in [1.29, 1.82) is 0 Å². The molecule has 0 bridgehead atoms. The number of hydrogen-bond donors (Lipinski definition) is 0. The SMILES string of the molecule is Clc1ccc(Oc2nc(Cl)nc(Cl)n2)c(Br)c1. The van der Waals surface area contributed by atoms with Gasteiger partial charge in [-0.3, -0.25) is 0 Å². The first-order chi connectivity index (χ1) is 8.04. The van der Waals surface area contributed by atoms with Crippen LogP contribution in [0.25, 0.3) is 0 Å². The molecule has 4 nitrogen and oxygen atoms in total. The van der Waals surface area contributed by atoms with E-state index >= 15 is 0 Å². The average Bonchev–Trinajstić information content (AvgIpc) is 2.21. The van der Waals surface area contributed by atoms with Crippen molar-refractivity contribution in [2.24, 2.45) is 0 Å². The lowest BCUT2D eigenvalue weighted by Crippen LogP contribution is -1.95. The molecule has 0 atom stereocenters. The second kappa shape index (κ2) is 5.35. The first-order valence-electron chi connectivity index (χ1n) is 4.24. The summed E-state index contributed by atoms with van der Waals surface area (Å²) in [6.45, 7) is 0. The molecule has 0 saturated heterocycles. The molecular weight excluding hydrogens is 352 g/mol. The van der Waals surface area contributed by atoms with Crippen molar-refractivity contribution in [3.63, 3.8) is 0 Å². The van der Waals surface area contributed by atoms with Gasteiger partial charge in [0.1, 0.15) is 5.75 Å². The third-order valence-corrected chi connectivity index (χ3v) is 2.85. The molecule has 2 rings (SSSR count). The number of halogens is 4. The predicted octanol–water partition coefficient (Wildman–Crippen LogP) is 4.39. The molecule has 2 aromatic rings. The summed E-state index contributed by atoms with van der Waals surface area (Å²) >= 11 is 20.3. The standard InChI is InChI=1S/C9H3BrCl3N3O/c10-5-3-4(11)1-2-6(5)17-9-15-7(12)14-8(13)16-9/h1-3H. The van der Waals surface area contributed by atoms with Crippen molar-refractivity contribution in [2.45, 2.75) is 0 Å². The summed E-state index contributed by atoms with van der Waals surface area (Å²) in [6.07, 6.45) is 0. The largest absolute Gasteiger partial charge is 0.423 e. The lowest BCUT2D eigenvalue weighted by Gasteiger charge is -2.06. The first-order valence-corrected chi connectivity index (χ1v) is 6.17. The van der Waals surface area contributed by atoms with Crippen molar-refractivity contribution in [3.8, 4) is 11.8 Å². The van der Waals surface area contributed by atoms with E-state index < -0.39 is 0 Å². The van der Waals surface area contributed by atoms with E-state index in [2.05, 4.69) is 30.9 Å². The highest BCUT2D eigenvalue weighted by Gasteiger charge is 2.08. The minimum Gasteiger partial charge on any atom is -0.423 e. The molecule has 8 heteroatoms. The Labute approximate surface area is 120 Å². The average molecular weight is 355 g/mol. The summed E-state index contributed by atoms with van der Waals surface area (Å²) in [5.74, 6) is 0.493. The summed E-state index contributed by atoms with van der Waals surface area (Å²) in [5.41, 5.74) is 0. The molecule has 88 valence electrons. The summed E-state index contributed by atoms with van der Waals surface area (Å²) in [7, 11) is 0. The van der Waals surface area contributed by atoms with Crippen LogP contribution in [0.1, 0.15) is 0 Å². The second-order valence-corrected chi connectivity index (χ2v) is 4.80. The van der Waals surface area contributed by atoms with Gasteiger partial charge in [-0.05, 0) is 57.3 Å². The number of hydrogen-bond acceptors (Lipinski definition) is 4. The lowest BCUT2D eigenvalue weighted by atomic mass is 10.3. The van der Waals surface area contributed by atoms with Gasteiger partial charge in [0, 0.05) is 5.02 Å². The number of nitrogens with zero attached hydrogens (tertiary/aromatic N) is 3. The van der Waals surface area contributed by atoms with Gasteiger partial charge in [-0.1, -0.05) is 11.6 Å². The molecule has 0 aliphatic carbocycles. The van der Waals surface area contributed by atoms with Crippen LogP contribution in [0.15, 0.2) is 22.7 Å². The number of benzene rings is 1. The summed E-state index contributed by atoms with van der Waals surface area (Å²) < 4.78 is 6.05. The van der Waals surface area contributed by atoms with Crippen LogP contribution in [-0.4, -0.2) is 15.0 Å². The Morgan fingerprint density at radius 1 is 1.00 bits per heavy atom. The van der Waals surface area contributed by atoms with E-state index in [9.17, 15) is 0 Å². The van der Waals surface area contributed by atoms with Crippen LogP contribution < -0.4 is 4.74 Å². The van der Waals surface area contributed by atoms with Crippen molar-refractivity contribution in [2.75, 3.05) is 0 Å². The van der Waals surface area contributed by atoms with Crippen LogP contribution >= 0.6 is 50.7 Å². The quantitative estimate of drug-likeness (QED) is 0.802. The molecule has 0 aliphatic heterocycles. The molecule has 0 amide bonds. The lowest BCUT2D eigenvalue weighted by molar-refractivity contribution is 0.437. The van der Waals surface area contributed by atoms with Gasteiger partial charge in [-0.25, -0.2) is 0 Å². The van der Waals surface area contributed by atoms with Crippen LogP contribution in [0, 0.1) is 0 Å². The molecule has 17 heavy (non-hydrogen) atoms. The van der Waals surface area contributed by atoms with Crippen LogP contribution in [0.3, 0.4) is 0 Å². The minimum absolute atomic E-state index is 0.0121. The number of ether oxygens (including phenoxy) is 1. The normalized spacial score (nSPS) is 10.4. The zero-order valence-corrected chi connectivity index (χ0v) is 11.8. The van der Waals surface area contributed by atoms with Crippen molar-refractivity contribution < 1.29 is 4.74 Å². The summed E-state index contributed by atoms with van der Waals surface area (Å²) in [4.78, 5) is 11.2. The van der Waals surface area contributed by atoms with Gasteiger partial charge in [0.15, 0.2) is 0 Å². The Hall–Kier alpha value is -0.620. The Morgan fingerprint density at radius 2 is 1.65 bits per heavy atom. The second-order valence-electron chi connectivity index (χ2n) is 2.83. The smallest absolute Gasteiger partial charge is 0.327 e. The maximum atomic E-state index is 5.80. The maximum Gasteiger partial charge on any atom is 0.327 e. The predicted molar refractivity (Wildman–Crippen MR) is 69.1 cm³/mol. The van der Waals surface area contributed by atoms with E-state index in [-0.39, 0.29) is 16.6 Å². The van der Waals surface area contributed by atoms with Gasteiger partial charge >= 0.3 is 6.01 Å². The van der Waals surface area contributed by atoms with E-state index in [4.69, 9.17) is 39.5 Å². The molecule has 0 aliphatic rings. The highest BCUT2D eigenvalue weighted by atomic mass is 79.9. The number of aromatic nitrogens is 3. The molecular formula is C9H3BrCl3N3O. The Morgan fingerprint density at radius 3 is 2.24 bits per heavy atom. The van der Waals surface area contributed by atoms with Crippen LogP contribution in [-0.2, 0) is 0 Å².